The van der Waals surface area contributed by atoms with Gasteiger partial charge in [0, 0.05) is 19.8 Å². The maximum atomic E-state index is 9.19. The number of aliphatic hydroxyl groups is 2. The smallest absolute Gasteiger partial charge is 0.128 e. The van der Waals surface area contributed by atoms with Gasteiger partial charge in [-0.05, 0) is 24.6 Å². The number of nitrogens with zero attached hydrogens (tertiary/aromatic N) is 2. The third-order valence-electron chi connectivity index (χ3n) is 1.92. The lowest BCUT2D eigenvalue weighted by Crippen LogP contribution is -2.27. The maximum Gasteiger partial charge on any atom is 0.128 e. The fourth-order valence-electron chi connectivity index (χ4n) is 1.26. The zero-order chi connectivity index (χ0) is 10.6. The van der Waals surface area contributed by atoms with Crippen LogP contribution in [-0.2, 0) is 6.61 Å². The fraction of sp³-hybridized carbons (Fsp3) is 0.500. The van der Waals surface area contributed by atoms with E-state index in [-0.39, 0.29) is 12.7 Å². The second kappa shape index (κ2) is 4.93. The summed E-state index contributed by atoms with van der Waals surface area (Å²) >= 11 is 0. The molecule has 0 fully saturated rings. The number of hydrogen-bond acceptors (Lipinski definition) is 4. The van der Waals surface area contributed by atoms with Crippen molar-refractivity contribution in [3.8, 4) is 0 Å². The van der Waals surface area contributed by atoms with Crippen molar-refractivity contribution in [3.63, 3.8) is 0 Å². The summed E-state index contributed by atoms with van der Waals surface area (Å²) in [5.41, 5.74) is 0.826. The molecule has 0 saturated heterocycles. The standard InChI is InChI=1S/C10H16N2O2/c1-8(14)6-12(2)10-5-9(7-13)3-4-11-10/h3-5,8,13-14H,6-7H2,1-2H3. The van der Waals surface area contributed by atoms with E-state index in [1.54, 1.807) is 19.2 Å². The molecule has 1 rings (SSSR count). The molecule has 1 unspecified atom stereocenters. The predicted molar refractivity (Wildman–Crippen MR) is 55.1 cm³/mol. The van der Waals surface area contributed by atoms with Crippen molar-refractivity contribution in [2.45, 2.75) is 19.6 Å². The molecule has 0 aliphatic carbocycles. The van der Waals surface area contributed by atoms with E-state index in [0.29, 0.717) is 6.54 Å². The van der Waals surface area contributed by atoms with Crippen LogP contribution < -0.4 is 4.90 Å². The van der Waals surface area contributed by atoms with Gasteiger partial charge < -0.3 is 15.1 Å². The fourth-order valence-corrected chi connectivity index (χ4v) is 1.26. The second-order valence-corrected chi connectivity index (χ2v) is 3.41. The van der Waals surface area contributed by atoms with E-state index in [2.05, 4.69) is 4.98 Å². The van der Waals surface area contributed by atoms with Gasteiger partial charge in [0.2, 0.25) is 0 Å². The Morgan fingerprint density at radius 2 is 2.29 bits per heavy atom. The number of rotatable bonds is 4. The number of likely N-dealkylation sites (N-methyl/N-ethyl adjacent to an activating group) is 1. The van der Waals surface area contributed by atoms with Crippen LogP contribution in [0.1, 0.15) is 12.5 Å². The average Bonchev–Trinajstić information content (AvgIpc) is 2.17. The van der Waals surface area contributed by atoms with Gasteiger partial charge in [0.25, 0.3) is 0 Å². The van der Waals surface area contributed by atoms with Crippen LogP contribution in [0.4, 0.5) is 5.82 Å². The minimum absolute atomic E-state index is 0.0119. The molecule has 1 heterocycles. The van der Waals surface area contributed by atoms with E-state index in [9.17, 15) is 5.11 Å². The lowest BCUT2D eigenvalue weighted by molar-refractivity contribution is 0.201. The lowest BCUT2D eigenvalue weighted by Gasteiger charge is -2.19. The molecule has 4 heteroatoms. The summed E-state index contributed by atoms with van der Waals surface area (Å²) in [4.78, 5) is 6.00. The van der Waals surface area contributed by atoms with Crippen LogP contribution >= 0.6 is 0 Å². The molecule has 0 aliphatic rings. The van der Waals surface area contributed by atoms with Gasteiger partial charge in [0.05, 0.1) is 12.7 Å². The summed E-state index contributed by atoms with van der Waals surface area (Å²) in [7, 11) is 1.86. The van der Waals surface area contributed by atoms with E-state index in [1.165, 1.54) is 0 Å². The van der Waals surface area contributed by atoms with Crippen molar-refractivity contribution in [1.29, 1.82) is 0 Å². The van der Waals surface area contributed by atoms with Gasteiger partial charge in [-0.15, -0.1) is 0 Å². The maximum absolute atomic E-state index is 9.19. The summed E-state index contributed by atoms with van der Waals surface area (Å²) in [6.07, 6.45) is 1.26. The highest BCUT2D eigenvalue weighted by Gasteiger charge is 2.05. The summed E-state index contributed by atoms with van der Waals surface area (Å²) in [5.74, 6) is 0.762. The molecule has 1 aromatic heterocycles. The van der Waals surface area contributed by atoms with Gasteiger partial charge in [-0.25, -0.2) is 4.98 Å². The number of hydrogen-bond donors (Lipinski definition) is 2. The van der Waals surface area contributed by atoms with Gasteiger partial charge in [-0.2, -0.15) is 0 Å². The second-order valence-electron chi connectivity index (χ2n) is 3.41. The number of anilines is 1. The van der Waals surface area contributed by atoms with Gasteiger partial charge >= 0.3 is 0 Å². The van der Waals surface area contributed by atoms with E-state index >= 15 is 0 Å². The van der Waals surface area contributed by atoms with Crippen molar-refractivity contribution in [1.82, 2.24) is 4.98 Å². The average molecular weight is 196 g/mol. The molecule has 4 nitrogen and oxygen atoms in total. The van der Waals surface area contributed by atoms with E-state index < -0.39 is 0 Å². The van der Waals surface area contributed by atoms with Crippen LogP contribution in [0.2, 0.25) is 0 Å². The summed E-state index contributed by atoms with van der Waals surface area (Å²) in [6, 6.07) is 3.57. The molecule has 0 saturated carbocycles. The SMILES string of the molecule is CC(O)CN(C)c1cc(CO)ccn1. The molecule has 0 amide bonds. The number of aliphatic hydroxyl groups excluding tert-OH is 2. The molecule has 1 atom stereocenters. The molecule has 0 aliphatic heterocycles. The molecule has 2 N–H and O–H groups in total. The molecule has 0 spiro atoms. The van der Waals surface area contributed by atoms with Crippen LogP contribution in [-0.4, -0.2) is 34.9 Å². The predicted octanol–water partition coefficient (Wildman–Crippen LogP) is 0.391. The third-order valence-corrected chi connectivity index (χ3v) is 1.92. The topological polar surface area (TPSA) is 56.6 Å². The first-order valence-corrected chi connectivity index (χ1v) is 4.58. The highest BCUT2D eigenvalue weighted by Crippen LogP contribution is 2.11. The van der Waals surface area contributed by atoms with E-state index in [4.69, 9.17) is 5.11 Å². The number of aromatic nitrogens is 1. The highest BCUT2D eigenvalue weighted by atomic mass is 16.3. The largest absolute Gasteiger partial charge is 0.392 e. The first kappa shape index (κ1) is 10.9. The van der Waals surface area contributed by atoms with Gasteiger partial charge in [0.15, 0.2) is 0 Å². The van der Waals surface area contributed by atoms with Gasteiger partial charge in [-0.1, -0.05) is 0 Å². The van der Waals surface area contributed by atoms with Crippen molar-refractivity contribution in [2.75, 3.05) is 18.5 Å². The monoisotopic (exact) mass is 196 g/mol. The van der Waals surface area contributed by atoms with Crippen molar-refractivity contribution < 1.29 is 10.2 Å². The molecule has 1 aromatic rings. The first-order valence-electron chi connectivity index (χ1n) is 4.58. The Labute approximate surface area is 83.8 Å². The molecule has 0 radical (unpaired) electrons. The zero-order valence-corrected chi connectivity index (χ0v) is 8.51. The Morgan fingerprint density at radius 3 is 2.86 bits per heavy atom. The molecule has 0 aromatic carbocycles. The van der Waals surface area contributed by atoms with Crippen molar-refractivity contribution in [2.24, 2.45) is 0 Å². The van der Waals surface area contributed by atoms with Crippen LogP contribution in [0.5, 0.6) is 0 Å². The van der Waals surface area contributed by atoms with Crippen LogP contribution in [0.25, 0.3) is 0 Å². The first-order chi connectivity index (χ1) is 6.63. The summed E-state index contributed by atoms with van der Waals surface area (Å²) in [5, 5.41) is 18.1. The Morgan fingerprint density at radius 1 is 1.57 bits per heavy atom. The molecule has 0 bridgehead atoms. The minimum Gasteiger partial charge on any atom is -0.392 e. The Kier molecular flexibility index (Phi) is 3.85. The molecular formula is C10H16N2O2. The van der Waals surface area contributed by atoms with E-state index in [0.717, 1.165) is 11.4 Å². The van der Waals surface area contributed by atoms with Crippen molar-refractivity contribution in [3.05, 3.63) is 23.9 Å². The minimum atomic E-state index is -0.389. The Bertz CT molecular complexity index is 289. The third kappa shape index (κ3) is 2.97. The Hall–Kier alpha value is -1.13. The highest BCUT2D eigenvalue weighted by molar-refractivity contribution is 5.39. The molecule has 14 heavy (non-hydrogen) atoms. The van der Waals surface area contributed by atoms with E-state index in [1.807, 2.05) is 18.0 Å². The molecule has 78 valence electrons. The summed E-state index contributed by atoms with van der Waals surface area (Å²) in [6.45, 7) is 2.27. The van der Waals surface area contributed by atoms with Crippen molar-refractivity contribution >= 4 is 5.82 Å². The molecular weight excluding hydrogens is 180 g/mol. The van der Waals surface area contributed by atoms with Gasteiger partial charge in [0.1, 0.15) is 5.82 Å². The quantitative estimate of drug-likeness (QED) is 0.731. The van der Waals surface area contributed by atoms with Crippen LogP contribution in [0.3, 0.4) is 0 Å². The van der Waals surface area contributed by atoms with Crippen LogP contribution in [0.15, 0.2) is 18.3 Å². The van der Waals surface area contributed by atoms with Gasteiger partial charge in [-0.3, -0.25) is 0 Å². The Balaban J connectivity index is 2.73. The normalized spacial score (nSPS) is 12.6. The number of pyridine rings is 1. The summed E-state index contributed by atoms with van der Waals surface area (Å²) < 4.78 is 0. The lowest BCUT2D eigenvalue weighted by atomic mass is 10.2. The zero-order valence-electron chi connectivity index (χ0n) is 8.51. The van der Waals surface area contributed by atoms with Crippen LogP contribution in [0, 0.1) is 0 Å².